The van der Waals surface area contributed by atoms with Gasteiger partial charge in [0.25, 0.3) is 0 Å². The van der Waals surface area contributed by atoms with Gasteiger partial charge in [0.2, 0.25) is 0 Å². The molecule has 0 amide bonds. The number of ether oxygens (including phenoxy) is 1. The van der Waals surface area contributed by atoms with E-state index in [9.17, 15) is 0 Å². The maximum atomic E-state index is 4.94. The molecule has 0 aromatic heterocycles. The summed E-state index contributed by atoms with van der Waals surface area (Å²) in [5.41, 5.74) is 1.01. The second-order valence-electron chi connectivity index (χ2n) is 2.70. The third-order valence-corrected chi connectivity index (χ3v) is 1.51. The molecule has 0 radical (unpaired) electrons. The number of hydrogen-bond donors (Lipinski definition) is 0. The number of rotatable bonds is 2. The van der Waals surface area contributed by atoms with Crippen molar-refractivity contribution in [1.82, 2.24) is 0 Å². The Hall–Kier alpha value is -0.0538. The molecule has 0 aliphatic heterocycles. The number of hydrogen-bond acceptors (Lipinski definition) is 1. The van der Waals surface area contributed by atoms with Gasteiger partial charge >= 0.3 is 23.1 Å². The van der Waals surface area contributed by atoms with Crippen LogP contribution in [0.3, 0.4) is 0 Å². The fourth-order valence-corrected chi connectivity index (χ4v) is 0.626. The molecule has 0 N–H and O–H groups in total. The van der Waals surface area contributed by atoms with Gasteiger partial charge < -0.3 is 11.7 Å². The Morgan fingerprint density at radius 1 is 1.20 bits per heavy atom. The fourth-order valence-electron chi connectivity index (χ4n) is 0.626. The Morgan fingerprint density at radius 3 is 1.87 bits per heavy atom. The Kier molecular flexibility index (Phi) is 18.9. The van der Waals surface area contributed by atoms with Crippen LogP contribution in [0.15, 0.2) is 24.3 Å². The van der Waals surface area contributed by atoms with Crippen LogP contribution in [0, 0.1) is 13.8 Å². The van der Waals surface area contributed by atoms with E-state index in [0.29, 0.717) is 0 Å². The zero-order valence-corrected chi connectivity index (χ0v) is 11.9. The summed E-state index contributed by atoms with van der Waals surface area (Å²) in [4.78, 5) is 0. The maximum absolute atomic E-state index is 4.94. The molecule has 0 fully saturated rings. The number of methoxy groups -OCH3 is 1. The molecule has 0 unspecified atom stereocenters. The van der Waals surface area contributed by atoms with Crippen molar-refractivity contribution >= 4 is 35.5 Å². The molecule has 0 spiro atoms. The van der Waals surface area contributed by atoms with Gasteiger partial charge in [0, 0.05) is 0 Å². The Labute approximate surface area is 116 Å². The van der Waals surface area contributed by atoms with Crippen molar-refractivity contribution in [2.45, 2.75) is 19.8 Å². The quantitative estimate of drug-likeness (QED) is 0.566. The first-order valence-corrected chi connectivity index (χ1v) is 4.49. The topological polar surface area (TPSA) is 9.23 Å². The van der Waals surface area contributed by atoms with E-state index in [1.165, 1.54) is 6.42 Å². The summed E-state index contributed by atoms with van der Waals surface area (Å²) in [6.45, 7) is 9.46. The summed E-state index contributed by atoms with van der Waals surface area (Å²) < 4.78 is 4.94. The van der Waals surface area contributed by atoms with Crippen molar-refractivity contribution in [3.63, 3.8) is 0 Å². The fraction of sp³-hybridized carbons (Fsp3) is 0.333. The number of halogens is 1. The molecule has 82 valence electrons. The van der Waals surface area contributed by atoms with Crippen LogP contribution in [0.25, 0.3) is 0 Å². The van der Waals surface area contributed by atoms with E-state index in [2.05, 4.69) is 20.8 Å². The van der Waals surface area contributed by atoms with Crippen molar-refractivity contribution in [3.8, 4) is 5.75 Å². The average molecular weight is 239 g/mol. The van der Waals surface area contributed by atoms with Crippen LogP contribution in [0.5, 0.6) is 5.75 Å². The largest absolute Gasteiger partial charge is 2.00 e. The molecular weight excluding hydrogens is 220 g/mol. The Morgan fingerprint density at radius 2 is 1.60 bits per heavy atom. The average Bonchev–Trinajstić information content (AvgIpc) is 2.19. The predicted molar refractivity (Wildman–Crippen MR) is 70.7 cm³/mol. The van der Waals surface area contributed by atoms with Crippen molar-refractivity contribution < 1.29 is 4.74 Å². The van der Waals surface area contributed by atoms with Crippen molar-refractivity contribution in [3.05, 3.63) is 43.7 Å². The first kappa shape index (κ1) is 20.4. The minimum absolute atomic E-state index is 0. The molecule has 0 bridgehead atoms. The second kappa shape index (κ2) is 13.9. The van der Waals surface area contributed by atoms with Crippen LogP contribution in [-0.2, 0) is 0 Å². The minimum Gasteiger partial charge on any atom is -0.499 e. The molecule has 0 aliphatic rings. The van der Waals surface area contributed by atoms with Crippen molar-refractivity contribution in [1.29, 1.82) is 0 Å². The molecule has 1 rings (SSSR count). The van der Waals surface area contributed by atoms with E-state index in [1.807, 2.05) is 24.3 Å². The molecule has 0 aliphatic carbocycles. The molecule has 0 saturated heterocycles. The van der Waals surface area contributed by atoms with Gasteiger partial charge in [0.15, 0.2) is 0 Å². The van der Waals surface area contributed by atoms with Gasteiger partial charge in [-0.2, -0.15) is 31.0 Å². The van der Waals surface area contributed by atoms with E-state index in [0.717, 1.165) is 17.7 Å². The molecule has 0 heterocycles. The van der Waals surface area contributed by atoms with Crippen LogP contribution in [0.4, 0.5) is 0 Å². The standard InChI is InChI=1S/C8H9O.C4H9.ClH.Mg/c1-7-3-5-8(9-2)6-4-7;1-3-4-2;;/h3-6H,1H2,2H3;1,3-4H2,2H3;1H;/q2*-1;;+2. The number of unbranched alkanes of at least 4 members (excludes halogenated alkanes) is 1. The minimum atomic E-state index is 0. The zero-order chi connectivity index (χ0) is 10.1. The Bertz CT molecular complexity index is 209. The summed E-state index contributed by atoms with van der Waals surface area (Å²) in [5, 5.41) is 0. The summed E-state index contributed by atoms with van der Waals surface area (Å²) in [5.74, 6) is 0.877. The van der Waals surface area contributed by atoms with E-state index in [-0.39, 0.29) is 35.5 Å². The van der Waals surface area contributed by atoms with Crippen molar-refractivity contribution in [2.24, 2.45) is 0 Å². The summed E-state index contributed by atoms with van der Waals surface area (Å²) in [6.07, 6.45) is 2.28. The molecule has 3 heteroatoms. The second-order valence-corrected chi connectivity index (χ2v) is 2.70. The normalized spacial score (nSPS) is 7.40. The van der Waals surface area contributed by atoms with Gasteiger partial charge in [-0.15, -0.1) is 12.4 Å². The van der Waals surface area contributed by atoms with E-state index in [4.69, 9.17) is 4.74 Å². The van der Waals surface area contributed by atoms with Crippen molar-refractivity contribution in [2.75, 3.05) is 7.11 Å². The first-order valence-electron chi connectivity index (χ1n) is 4.49. The van der Waals surface area contributed by atoms with E-state index < -0.39 is 0 Å². The Balaban J connectivity index is -0.000000213. The summed E-state index contributed by atoms with van der Waals surface area (Å²) in [7, 11) is 1.65. The van der Waals surface area contributed by atoms with Crippen LogP contribution in [-0.4, -0.2) is 30.2 Å². The molecule has 0 saturated carbocycles. The van der Waals surface area contributed by atoms with Gasteiger partial charge in [0.1, 0.15) is 0 Å². The maximum Gasteiger partial charge on any atom is 2.00 e. The first-order chi connectivity index (χ1) is 6.24. The molecule has 1 aromatic rings. The zero-order valence-electron chi connectivity index (χ0n) is 9.66. The van der Waals surface area contributed by atoms with E-state index >= 15 is 0 Å². The van der Waals surface area contributed by atoms with Crippen LogP contribution < -0.4 is 4.74 Å². The third kappa shape index (κ3) is 11.9. The van der Waals surface area contributed by atoms with Crippen LogP contribution in [0.1, 0.15) is 25.3 Å². The van der Waals surface area contributed by atoms with E-state index in [1.54, 1.807) is 7.11 Å². The molecule has 15 heavy (non-hydrogen) atoms. The number of benzene rings is 1. The van der Waals surface area contributed by atoms with Gasteiger partial charge in [-0.1, -0.05) is 25.5 Å². The van der Waals surface area contributed by atoms with Crippen LogP contribution >= 0.6 is 12.4 Å². The third-order valence-electron chi connectivity index (χ3n) is 1.51. The smallest absolute Gasteiger partial charge is 0.499 e. The van der Waals surface area contributed by atoms with Gasteiger partial charge in [-0.25, -0.2) is 0 Å². The summed E-state index contributed by atoms with van der Waals surface area (Å²) >= 11 is 0. The SMILES string of the molecule is Cl.[CH2-]CCC.[CH2-]c1ccc(OC)cc1.[Mg+2]. The summed E-state index contributed by atoms with van der Waals surface area (Å²) in [6, 6.07) is 7.61. The van der Waals surface area contributed by atoms with Gasteiger partial charge in [0.05, 0.1) is 12.9 Å². The molecule has 0 atom stereocenters. The van der Waals surface area contributed by atoms with Gasteiger partial charge in [-0.05, 0) is 0 Å². The van der Waals surface area contributed by atoms with Crippen LogP contribution in [0.2, 0.25) is 0 Å². The van der Waals surface area contributed by atoms with Gasteiger partial charge in [-0.3, -0.25) is 0 Å². The predicted octanol–water partition coefficient (Wildman–Crippen LogP) is 3.54. The monoisotopic (exact) mass is 238 g/mol. The molecule has 1 aromatic carbocycles. The molecular formula is C12H19ClMgO. The molecule has 1 nitrogen and oxygen atoms in total.